The van der Waals surface area contributed by atoms with E-state index in [-0.39, 0.29) is 6.42 Å². The van der Waals surface area contributed by atoms with E-state index in [1.807, 2.05) is 13.0 Å². The Morgan fingerprint density at radius 2 is 2.53 bits per heavy atom. The van der Waals surface area contributed by atoms with Gasteiger partial charge in [-0.2, -0.15) is 0 Å². The third kappa shape index (κ3) is 3.56. The Kier molecular flexibility index (Phi) is 3.78. The zero-order valence-corrected chi connectivity index (χ0v) is 10.1. The van der Waals surface area contributed by atoms with Crippen LogP contribution in [0.4, 0.5) is 0 Å². The molecule has 0 spiro atoms. The molecule has 1 aliphatic rings. The lowest BCUT2D eigenvalue weighted by atomic mass is 10.0. The predicted molar refractivity (Wildman–Crippen MR) is 61.5 cm³/mol. The summed E-state index contributed by atoms with van der Waals surface area (Å²) >= 11 is 0. The van der Waals surface area contributed by atoms with Crippen molar-refractivity contribution in [3.63, 3.8) is 0 Å². The lowest BCUT2D eigenvalue weighted by molar-refractivity contribution is -0.137. The van der Waals surface area contributed by atoms with Crippen molar-refractivity contribution in [2.24, 2.45) is 5.92 Å². The van der Waals surface area contributed by atoms with Gasteiger partial charge in [-0.25, -0.2) is 0 Å². The molecule has 0 radical (unpaired) electrons. The van der Waals surface area contributed by atoms with Crippen LogP contribution in [0.25, 0.3) is 0 Å². The molecule has 2 heterocycles. The quantitative estimate of drug-likeness (QED) is 0.845. The van der Waals surface area contributed by atoms with Gasteiger partial charge in [0.1, 0.15) is 5.76 Å². The lowest BCUT2D eigenvalue weighted by Gasteiger charge is -2.13. The minimum Gasteiger partial charge on any atom is -0.481 e. The summed E-state index contributed by atoms with van der Waals surface area (Å²) in [6.07, 6.45) is 2.15. The Bertz CT molecular complexity index is 389. The number of aryl methyl sites for hydroxylation is 1. The van der Waals surface area contributed by atoms with Gasteiger partial charge < -0.3 is 9.63 Å². The summed E-state index contributed by atoms with van der Waals surface area (Å²) in [7, 11) is 0. The number of carboxylic acids is 1. The molecule has 5 heteroatoms. The maximum Gasteiger partial charge on any atom is 0.303 e. The summed E-state index contributed by atoms with van der Waals surface area (Å²) in [6.45, 7) is 4.69. The molecule has 94 valence electrons. The number of aliphatic carboxylic acids is 1. The van der Waals surface area contributed by atoms with E-state index < -0.39 is 5.97 Å². The number of hydrogen-bond acceptors (Lipinski definition) is 4. The van der Waals surface area contributed by atoms with Gasteiger partial charge in [0.25, 0.3) is 0 Å². The first kappa shape index (κ1) is 12.1. The number of likely N-dealkylation sites (tertiary alicyclic amines) is 1. The van der Waals surface area contributed by atoms with Crippen molar-refractivity contribution in [2.45, 2.75) is 32.7 Å². The topological polar surface area (TPSA) is 66.6 Å². The van der Waals surface area contributed by atoms with E-state index in [0.29, 0.717) is 5.92 Å². The van der Waals surface area contributed by atoms with Gasteiger partial charge in [0.15, 0.2) is 0 Å². The summed E-state index contributed by atoms with van der Waals surface area (Å²) < 4.78 is 5.03. The molecule has 2 rings (SSSR count). The first-order valence-corrected chi connectivity index (χ1v) is 6.00. The zero-order valence-electron chi connectivity index (χ0n) is 10.1. The number of rotatable bonds is 5. The molecule has 0 aromatic carbocycles. The molecule has 0 amide bonds. The summed E-state index contributed by atoms with van der Waals surface area (Å²) in [5.41, 5.74) is 0.960. The van der Waals surface area contributed by atoms with Crippen molar-refractivity contribution in [1.82, 2.24) is 10.1 Å². The first-order chi connectivity index (χ1) is 8.13. The Hall–Kier alpha value is -1.36. The summed E-state index contributed by atoms with van der Waals surface area (Å²) in [4.78, 5) is 12.8. The minimum absolute atomic E-state index is 0.279. The number of aromatic nitrogens is 1. The fourth-order valence-electron chi connectivity index (χ4n) is 2.34. The molecule has 1 unspecified atom stereocenters. The largest absolute Gasteiger partial charge is 0.481 e. The van der Waals surface area contributed by atoms with Crippen molar-refractivity contribution in [3.8, 4) is 0 Å². The maximum absolute atomic E-state index is 10.5. The van der Waals surface area contributed by atoms with E-state index >= 15 is 0 Å². The standard InChI is InChI=1S/C12H18N2O3/c1-9-6-11(13-17-9)8-14-5-4-10(7-14)2-3-12(15)16/h6,10H,2-5,7-8H2,1H3,(H,15,16). The van der Waals surface area contributed by atoms with Gasteiger partial charge in [-0.05, 0) is 32.2 Å². The summed E-state index contributed by atoms with van der Waals surface area (Å²) in [6, 6.07) is 1.95. The molecule has 1 atom stereocenters. The van der Waals surface area contributed by atoms with Crippen LogP contribution in [0.3, 0.4) is 0 Å². The van der Waals surface area contributed by atoms with Crippen molar-refractivity contribution in [2.75, 3.05) is 13.1 Å². The molecular formula is C12H18N2O3. The van der Waals surface area contributed by atoms with Crippen LogP contribution < -0.4 is 0 Å². The maximum atomic E-state index is 10.5. The highest BCUT2D eigenvalue weighted by Gasteiger charge is 2.23. The zero-order chi connectivity index (χ0) is 12.3. The number of nitrogens with zero attached hydrogens (tertiary/aromatic N) is 2. The molecule has 1 fully saturated rings. The van der Waals surface area contributed by atoms with Gasteiger partial charge in [0, 0.05) is 25.6 Å². The third-order valence-electron chi connectivity index (χ3n) is 3.20. The van der Waals surface area contributed by atoms with Crippen LogP contribution in [-0.4, -0.2) is 34.2 Å². The minimum atomic E-state index is -0.699. The lowest BCUT2D eigenvalue weighted by Crippen LogP contribution is -2.20. The number of carbonyl (C=O) groups is 1. The van der Waals surface area contributed by atoms with Crippen LogP contribution in [0.1, 0.15) is 30.7 Å². The van der Waals surface area contributed by atoms with E-state index in [2.05, 4.69) is 10.1 Å². The van der Waals surface area contributed by atoms with Crippen molar-refractivity contribution < 1.29 is 14.4 Å². The summed E-state index contributed by atoms with van der Waals surface area (Å²) in [5, 5.41) is 12.6. The molecule has 0 bridgehead atoms. The molecule has 5 nitrogen and oxygen atoms in total. The van der Waals surface area contributed by atoms with Crippen LogP contribution in [0.2, 0.25) is 0 Å². The van der Waals surface area contributed by atoms with Crippen molar-refractivity contribution >= 4 is 5.97 Å². The van der Waals surface area contributed by atoms with Crippen LogP contribution in [0.15, 0.2) is 10.6 Å². The predicted octanol–water partition coefficient (Wildman–Crippen LogP) is 1.67. The SMILES string of the molecule is Cc1cc(CN2CCC(CCC(=O)O)C2)no1. The molecular weight excluding hydrogens is 220 g/mol. The third-order valence-corrected chi connectivity index (χ3v) is 3.20. The molecule has 0 saturated carbocycles. The molecule has 17 heavy (non-hydrogen) atoms. The Morgan fingerprint density at radius 1 is 1.71 bits per heavy atom. The highest BCUT2D eigenvalue weighted by atomic mass is 16.5. The normalized spacial score (nSPS) is 20.9. The van der Waals surface area contributed by atoms with Crippen LogP contribution in [0.5, 0.6) is 0 Å². The van der Waals surface area contributed by atoms with Crippen LogP contribution >= 0.6 is 0 Å². The number of carboxylic acid groups (broad SMARTS) is 1. The Morgan fingerprint density at radius 3 is 3.18 bits per heavy atom. The highest BCUT2D eigenvalue weighted by Crippen LogP contribution is 2.22. The summed E-state index contributed by atoms with van der Waals surface area (Å²) in [5.74, 6) is 0.649. The van der Waals surface area contributed by atoms with Gasteiger partial charge in [0.2, 0.25) is 0 Å². The smallest absolute Gasteiger partial charge is 0.303 e. The fraction of sp³-hybridized carbons (Fsp3) is 0.667. The molecule has 1 aliphatic heterocycles. The van der Waals surface area contributed by atoms with Gasteiger partial charge >= 0.3 is 5.97 Å². The van der Waals surface area contributed by atoms with Gasteiger partial charge in [-0.15, -0.1) is 0 Å². The van der Waals surface area contributed by atoms with Gasteiger partial charge in [-0.3, -0.25) is 9.69 Å². The van der Waals surface area contributed by atoms with Gasteiger partial charge in [-0.1, -0.05) is 5.16 Å². The second kappa shape index (κ2) is 5.31. The highest BCUT2D eigenvalue weighted by molar-refractivity contribution is 5.66. The Balaban J connectivity index is 1.76. The molecule has 1 aromatic rings. The molecule has 1 N–H and O–H groups in total. The van der Waals surface area contributed by atoms with E-state index in [9.17, 15) is 4.79 Å². The van der Waals surface area contributed by atoms with Crippen LogP contribution in [-0.2, 0) is 11.3 Å². The van der Waals surface area contributed by atoms with E-state index in [1.165, 1.54) is 0 Å². The average molecular weight is 238 g/mol. The Labute approximate surface area is 100 Å². The monoisotopic (exact) mass is 238 g/mol. The molecule has 1 aromatic heterocycles. The fourth-order valence-corrected chi connectivity index (χ4v) is 2.34. The van der Waals surface area contributed by atoms with E-state index in [4.69, 9.17) is 9.63 Å². The first-order valence-electron chi connectivity index (χ1n) is 6.00. The number of hydrogen-bond donors (Lipinski definition) is 1. The van der Waals surface area contributed by atoms with Gasteiger partial charge in [0.05, 0.1) is 5.69 Å². The van der Waals surface area contributed by atoms with Crippen molar-refractivity contribution in [3.05, 3.63) is 17.5 Å². The van der Waals surface area contributed by atoms with E-state index in [0.717, 1.165) is 43.9 Å². The van der Waals surface area contributed by atoms with E-state index in [1.54, 1.807) is 0 Å². The van der Waals surface area contributed by atoms with Crippen LogP contribution in [0, 0.1) is 12.8 Å². The second-order valence-corrected chi connectivity index (χ2v) is 4.75. The average Bonchev–Trinajstić information content (AvgIpc) is 2.86. The molecule has 1 saturated heterocycles. The van der Waals surface area contributed by atoms with Crippen molar-refractivity contribution in [1.29, 1.82) is 0 Å². The molecule has 0 aliphatic carbocycles. The second-order valence-electron chi connectivity index (χ2n) is 4.75.